The zero-order valence-corrected chi connectivity index (χ0v) is 16.9. The van der Waals surface area contributed by atoms with Crippen molar-refractivity contribution in [3.63, 3.8) is 0 Å². The van der Waals surface area contributed by atoms with Gasteiger partial charge in [-0.1, -0.05) is 43.7 Å². The van der Waals surface area contributed by atoms with Crippen LogP contribution in [0.3, 0.4) is 0 Å². The van der Waals surface area contributed by atoms with Crippen LogP contribution in [0.5, 0.6) is 0 Å². The fraction of sp³-hybridized carbons (Fsp3) is 0.429. The van der Waals surface area contributed by atoms with Crippen LogP contribution < -0.4 is 0 Å². The van der Waals surface area contributed by atoms with Crippen LogP contribution >= 0.6 is 0 Å². The molecule has 1 saturated heterocycles. The largest absolute Gasteiger partial charge is 0.416 e. The molecule has 1 aliphatic heterocycles. The van der Waals surface area contributed by atoms with Crippen molar-refractivity contribution in [2.24, 2.45) is 11.8 Å². The summed E-state index contributed by atoms with van der Waals surface area (Å²) in [5, 5.41) is 0. The lowest BCUT2D eigenvalue weighted by Crippen LogP contribution is -2.29. The van der Waals surface area contributed by atoms with Crippen LogP contribution in [0.1, 0.15) is 36.5 Å². The summed E-state index contributed by atoms with van der Waals surface area (Å²) in [5.74, 6) is 0.102. The standard InChI is InChI=1S/C21H24F3NO2S/c1-14(2)19-12-25(28(26,27)18-10-4-15(3)5-11-18)13-20(19)16-6-8-17(9-7-16)21(22,23)24/h4-11,14,19-20H,12-13H2,1-3H3/t19-,20-/m0/s1. The molecule has 1 heterocycles. The van der Waals surface area contributed by atoms with Crippen molar-refractivity contribution >= 4 is 10.0 Å². The number of sulfonamides is 1. The molecule has 0 aromatic heterocycles. The molecule has 3 rings (SSSR count). The molecule has 1 fully saturated rings. The highest BCUT2D eigenvalue weighted by molar-refractivity contribution is 7.89. The second-order valence-corrected chi connectivity index (χ2v) is 9.71. The summed E-state index contributed by atoms with van der Waals surface area (Å²) in [5.41, 5.74) is 1.02. The normalized spacial score (nSPS) is 21.4. The monoisotopic (exact) mass is 411 g/mol. The summed E-state index contributed by atoms with van der Waals surface area (Å²) in [4.78, 5) is 0.244. The third kappa shape index (κ3) is 4.10. The van der Waals surface area contributed by atoms with Crippen molar-refractivity contribution in [3.05, 3.63) is 65.2 Å². The van der Waals surface area contributed by atoms with E-state index in [1.165, 1.54) is 16.4 Å². The van der Waals surface area contributed by atoms with E-state index in [1.807, 2.05) is 20.8 Å². The lowest BCUT2D eigenvalue weighted by Gasteiger charge is -2.22. The average Bonchev–Trinajstić information content (AvgIpc) is 3.08. The number of rotatable bonds is 4. The third-order valence-electron chi connectivity index (χ3n) is 5.51. The van der Waals surface area contributed by atoms with Gasteiger partial charge in [-0.3, -0.25) is 0 Å². The summed E-state index contributed by atoms with van der Waals surface area (Å²) in [6.45, 7) is 6.55. The predicted octanol–water partition coefficient (Wildman–Crippen LogP) is 5.07. The minimum atomic E-state index is -4.38. The van der Waals surface area contributed by atoms with Gasteiger partial charge >= 0.3 is 6.18 Å². The molecule has 0 bridgehead atoms. The SMILES string of the molecule is Cc1ccc(S(=O)(=O)N2C[C@@H](c3ccc(C(F)(F)F)cc3)[C@H](C(C)C)C2)cc1. The Morgan fingerprint density at radius 3 is 2.04 bits per heavy atom. The van der Waals surface area contributed by atoms with Gasteiger partial charge in [0, 0.05) is 19.0 Å². The zero-order chi connectivity index (χ0) is 20.7. The van der Waals surface area contributed by atoms with E-state index in [-0.39, 0.29) is 29.2 Å². The molecule has 0 radical (unpaired) electrons. The lowest BCUT2D eigenvalue weighted by atomic mass is 9.82. The van der Waals surface area contributed by atoms with Gasteiger partial charge in [-0.15, -0.1) is 0 Å². The maximum Gasteiger partial charge on any atom is 0.416 e. The molecular weight excluding hydrogens is 387 g/mol. The Labute approximate surface area is 164 Å². The Balaban J connectivity index is 1.90. The molecule has 0 N–H and O–H groups in total. The van der Waals surface area contributed by atoms with E-state index < -0.39 is 21.8 Å². The highest BCUT2D eigenvalue weighted by atomic mass is 32.2. The van der Waals surface area contributed by atoms with Gasteiger partial charge in [-0.25, -0.2) is 8.42 Å². The molecule has 0 amide bonds. The number of nitrogens with zero attached hydrogens (tertiary/aromatic N) is 1. The summed E-state index contributed by atoms with van der Waals surface area (Å²) in [7, 11) is -3.64. The van der Waals surface area contributed by atoms with Gasteiger partial charge in [-0.05, 0) is 48.6 Å². The van der Waals surface area contributed by atoms with Gasteiger partial charge in [0.2, 0.25) is 10.0 Å². The van der Waals surface area contributed by atoms with Crippen molar-refractivity contribution in [1.29, 1.82) is 0 Å². The van der Waals surface area contributed by atoms with Crippen LogP contribution in [0, 0.1) is 18.8 Å². The van der Waals surface area contributed by atoms with Crippen LogP contribution in [0.25, 0.3) is 0 Å². The number of hydrogen-bond acceptors (Lipinski definition) is 2. The number of aryl methyl sites for hydroxylation is 1. The van der Waals surface area contributed by atoms with Gasteiger partial charge in [0.25, 0.3) is 0 Å². The van der Waals surface area contributed by atoms with Crippen LogP contribution in [0.15, 0.2) is 53.4 Å². The van der Waals surface area contributed by atoms with Gasteiger partial charge in [0.05, 0.1) is 10.5 Å². The van der Waals surface area contributed by atoms with Crippen molar-refractivity contribution in [2.45, 2.75) is 37.8 Å². The van der Waals surface area contributed by atoms with Crippen LogP contribution in [-0.2, 0) is 16.2 Å². The molecule has 7 heteroatoms. The Kier molecular flexibility index (Phi) is 5.60. The first-order valence-electron chi connectivity index (χ1n) is 9.24. The Bertz CT molecular complexity index is 920. The molecule has 0 spiro atoms. The van der Waals surface area contributed by atoms with E-state index in [4.69, 9.17) is 0 Å². The highest BCUT2D eigenvalue weighted by Gasteiger charge is 2.41. The van der Waals surface area contributed by atoms with Crippen LogP contribution in [-0.4, -0.2) is 25.8 Å². The topological polar surface area (TPSA) is 37.4 Å². The summed E-state index contributed by atoms with van der Waals surface area (Å²) >= 11 is 0. The number of benzene rings is 2. The van der Waals surface area contributed by atoms with E-state index in [0.717, 1.165) is 23.3 Å². The molecule has 1 aliphatic rings. The molecular formula is C21H24F3NO2S. The Morgan fingerprint density at radius 2 is 1.54 bits per heavy atom. The number of hydrogen-bond donors (Lipinski definition) is 0. The van der Waals surface area contributed by atoms with Crippen molar-refractivity contribution in [1.82, 2.24) is 4.31 Å². The first-order chi connectivity index (χ1) is 13.0. The van der Waals surface area contributed by atoms with E-state index in [1.54, 1.807) is 24.3 Å². The van der Waals surface area contributed by atoms with E-state index in [0.29, 0.717) is 6.54 Å². The van der Waals surface area contributed by atoms with Gasteiger partial charge in [0.15, 0.2) is 0 Å². The maximum atomic E-state index is 13.1. The first kappa shape index (κ1) is 20.9. The second kappa shape index (κ2) is 7.52. The summed E-state index contributed by atoms with van der Waals surface area (Å²) < 4.78 is 66.1. The Morgan fingerprint density at radius 1 is 0.964 bits per heavy atom. The van der Waals surface area contributed by atoms with Crippen LogP contribution in [0.4, 0.5) is 13.2 Å². The molecule has 2 aromatic carbocycles. The minimum absolute atomic E-state index is 0.0389. The van der Waals surface area contributed by atoms with Crippen LogP contribution in [0.2, 0.25) is 0 Å². The van der Waals surface area contributed by atoms with Gasteiger partial charge in [-0.2, -0.15) is 17.5 Å². The molecule has 2 atom stereocenters. The smallest absolute Gasteiger partial charge is 0.207 e. The Hall–Kier alpha value is -1.86. The maximum absolute atomic E-state index is 13.1. The number of halogens is 3. The van der Waals surface area contributed by atoms with Gasteiger partial charge in [0.1, 0.15) is 0 Å². The fourth-order valence-electron chi connectivity index (χ4n) is 3.79. The van der Waals surface area contributed by atoms with Crippen molar-refractivity contribution in [3.8, 4) is 0 Å². The van der Waals surface area contributed by atoms with E-state index >= 15 is 0 Å². The summed E-state index contributed by atoms with van der Waals surface area (Å²) in [6.07, 6.45) is -4.38. The third-order valence-corrected chi connectivity index (χ3v) is 7.36. The molecule has 0 aliphatic carbocycles. The van der Waals surface area contributed by atoms with E-state index in [9.17, 15) is 21.6 Å². The second-order valence-electron chi connectivity index (χ2n) is 7.77. The van der Waals surface area contributed by atoms with Crippen molar-refractivity contribution in [2.75, 3.05) is 13.1 Å². The molecule has 0 unspecified atom stereocenters. The average molecular weight is 411 g/mol. The molecule has 0 saturated carbocycles. The van der Waals surface area contributed by atoms with E-state index in [2.05, 4.69) is 0 Å². The quantitative estimate of drug-likeness (QED) is 0.704. The number of alkyl halides is 3. The fourth-order valence-corrected chi connectivity index (χ4v) is 5.30. The summed E-state index contributed by atoms with van der Waals surface area (Å²) in [6, 6.07) is 11.8. The lowest BCUT2D eigenvalue weighted by molar-refractivity contribution is -0.137. The molecule has 2 aromatic rings. The molecule has 3 nitrogen and oxygen atoms in total. The predicted molar refractivity (Wildman–Crippen MR) is 102 cm³/mol. The van der Waals surface area contributed by atoms with Crippen molar-refractivity contribution < 1.29 is 21.6 Å². The minimum Gasteiger partial charge on any atom is -0.207 e. The first-order valence-corrected chi connectivity index (χ1v) is 10.7. The van der Waals surface area contributed by atoms with Gasteiger partial charge < -0.3 is 0 Å². The highest BCUT2D eigenvalue weighted by Crippen LogP contribution is 2.40. The zero-order valence-electron chi connectivity index (χ0n) is 16.1. The molecule has 152 valence electrons. The molecule has 28 heavy (non-hydrogen) atoms.